The largest absolute Gasteiger partial charge is 0.495 e. The normalized spacial score (nSPS) is 10.5. The van der Waals surface area contributed by atoms with Gasteiger partial charge in [-0.15, -0.1) is 0 Å². The standard InChI is InChI=1S/C18H21N3O4/c1-3-20(12-14-7-5-4-6-8-14)13-18(22)19-16-11-15(21(23)24)9-10-17(16)25-2/h4-11H,3,12-13H2,1-2H3,(H,19,22). The van der Waals surface area contributed by atoms with Crippen molar-refractivity contribution in [2.24, 2.45) is 0 Å². The predicted octanol–water partition coefficient (Wildman–Crippen LogP) is 3.06. The highest BCUT2D eigenvalue weighted by molar-refractivity contribution is 5.94. The summed E-state index contributed by atoms with van der Waals surface area (Å²) in [6.07, 6.45) is 0. The van der Waals surface area contributed by atoms with Crippen molar-refractivity contribution in [3.8, 4) is 5.75 Å². The highest BCUT2D eigenvalue weighted by Gasteiger charge is 2.15. The van der Waals surface area contributed by atoms with Gasteiger partial charge in [0, 0.05) is 18.7 Å². The average Bonchev–Trinajstić information content (AvgIpc) is 2.61. The summed E-state index contributed by atoms with van der Waals surface area (Å²) in [5.74, 6) is 0.127. The summed E-state index contributed by atoms with van der Waals surface area (Å²) in [5.41, 5.74) is 1.30. The molecular formula is C18H21N3O4. The van der Waals surface area contributed by atoms with Crippen LogP contribution in [0, 0.1) is 10.1 Å². The van der Waals surface area contributed by atoms with E-state index in [-0.39, 0.29) is 23.8 Å². The number of amides is 1. The lowest BCUT2D eigenvalue weighted by Gasteiger charge is -2.20. The van der Waals surface area contributed by atoms with Crippen LogP contribution in [0.3, 0.4) is 0 Å². The molecule has 132 valence electrons. The molecule has 2 rings (SSSR count). The van der Waals surface area contributed by atoms with E-state index < -0.39 is 4.92 Å². The second-order valence-corrected chi connectivity index (χ2v) is 5.48. The van der Waals surface area contributed by atoms with Crippen molar-refractivity contribution >= 4 is 17.3 Å². The summed E-state index contributed by atoms with van der Waals surface area (Å²) in [7, 11) is 1.45. The number of nitro groups is 1. The van der Waals surface area contributed by atoms with Crippen molar-refractivity contribution in [3.05, 3.63) is 64.2 Å². The Hall–Kier alpha value is -2.93. The Balaban J connectivity index is 2.05. The molecule has 1 amide bonds. The van der Waals surface area contributed by atoms with Gasteiger partial charge >= 0.3 is 0 Å². The first-order chi connectivity index (χ1) is 12.0. The molecule has 0 heterocycles. The molecule has 0 fully saturated rings. The summed E-state index contributed by atoms with van der Waals surface area (Å²) < 4.78 is 5.16. The molecule has 0 atom stereocenters. The van der Waals surface area contributed by atoms with Crippen LogP contribution in [0.2, 0.25) is 0 Å². The minimum atomic E-state index is -0.511. The van der Waals surface area contributed by atoms with Gasteiger partial charge in [0.1, 0.15) is 5.75 Å². The van der Waals surface area contributed by atoms with Gasteiger partial charge in [-0.2, -0.15) is 0 Å². The maximum Gasteiger partial charge on any atom is 0.271 e. The van der Waals surface area contributed by atoms with Crippen molar-refractivity contribution in [1.29, 1.82) is 0 Å². The number of hydrogen-bond donors (Lipinski definition) is 1. The van der Waals surface area contributed by atoms with E-state index in [2.05, 4.69) is 5.32 Å². The second-order valence-electron chi connectivity index (χ2n) is 5.48. The first-order valence-electron chi connectivity index (χ1n) is 7.92. The number of carbonyl (C=O) groups is 1. The molecule has 1 N–H and O–H groups in total. The van der Waals surface area contributed by atoms with E-state index in [1.807, 2.05) is 42.2 Å². The lowest BCUT2D eigenvalue weighted by molar-refractivity contribution is -0.384. The maximum absolute atomic E-state index is 12.3. The summed E-state index contributed by atoms with van der Waals surface area (Å²) in [6, 6.07) is 14.0. The fourth-order valence-electron chi connectivity index (χ4n) is 2.42. The molecule has 2 aromatic rings. The van der Waals surface area contributed by atoms with Crippen molar-refractivity contribution in [1.82, 2.24) is 4.90 Å². The molecule has 0 saturated heterocycles. The molecule has 0 bridgehead atoms. The molecule has 0 radical (unpaired) electrons. The van der Waals surface area contributed by atoms with Crippen LogP contribution < -0.4 is 10.1 Å². The lowest BCUT2D eigenvalue weighted by Crippen LogP contribution is -2.32. The van der Waals surface area contributed by atoms with E-state index in [1.54, 1.807) is 0 Å². The van der Waals surface area contributed by atoms with E-state index >= 15 is 0 Å². The summed E-state index contributed by atoms with van der Waals surface area (Å²) in [6.45, 7) is 3.51. The maximum atomic E-state index is 12.3. The number of rotatable bonds is 8. The quantitative estimate of drug-likeness (QED) is 0.588. The third-order valence-corrected chi connectivity index (χ3v) is 3.73. The first-order valence-corrected chi connectivity index (χ1v) is 7.92. The number of non-ortho nitro benzene ring substituents is 1. The molecule has 0 saturated carbocycles. The van der Waals surface area contributed by atoms with Crippen molar-refractivity contribution < 1.29 is 14.5 Å². The zero-order valence-corrected chi connectivity index (χ0v) is 14.3. The number of benzene rings is 2. The Bertz CT molecular complexity index is 734. The number of ether oxygens (including phenoxy) is 1. The van der Waals surface area contributed by atoms with Crippen molar-refractivity contribution in [2.75, 3.05) is 25.5 Å². The highest BCUT2D eigenvalue weighted by Crippen LogP contribution is 2.28. The minimum absolute atomic E-state index is 0.104. The Morgan fingerprint density at radius 1 is 1.24 bits per heavy atom. The van der Waals surface area contributed by atoms with Crippen molar-refractivity contribution in [3.63, 3.8) is 0 Å². The van der Waals surface area contributed by atoms with Gasteiger partial charge in [-0.05, 0) is 18.2 Å². The predicted molar refractivity (Wildman–Crippen MR) is 95.7 cm³/mol. The third-order valence-electron chi connectivity index (χ3n) is 3.73. The molecule has 7 heteroatoms. The number of anilines is 1. The number of nitrogens with one attached hydrogen (secondary N) is 1. The number of likely N-dealkylation sites (N-methyl/N-ethyl adjacent to an activating group) is 1. The van der Waals surface area contributed by atoms with E-state index in [9.17, 15) is 14.9 Å². The van der Waals surface area contributed by atoms with Gasteiger partial charge in [0.05, 0.1) is 24.3 Å². The fourth-order valence-corrected chi connectivity index (χ4v) is 2.42. The molecule has 2 aromatic carbocycles. The summed E-state index contributed by atoms with van der Waals surface area (Å²) in [4.78, 5) is 24.7. The van der Waals surface area contributed by atoms with E-state index in [0.29, 0.717) is 18.8 Å². The van der Waals surface area contributed by atoms with Gasteiger partial charge in [-0.25, -0.2) is 0 Å². The third kappa shape index (κ3) is 5.29. The first kappa shape index (κ1) is 18.4. The minimum Gasteiger partial charge on any atom is -0.495 e. The van der Waals surface area contributed by atoms with Crippen LogP contribution in [0.1, 0.15) is 12.5 Å². The Kier molecular flexibility index (Phi) is 6.47. The monoisotopic (exact) mass is 343 g/mol. The fraction of sp³-hybridized carbons (Fsp3) is 0.278. The molecule has 0 aliphatic heterocycles. The highest BCUT2D eigenvalue weighted by atomic mass is 16.6. The van der Waals surface area contributed by atoms with E-state index in [4.69, 9.17) is 4.74 Å². The molecular weight excluding hydrogens is 322 g/mol. The molecule has 0 spiro atoms. The van der Waals surface area contributed by atoms with Crippen LogP contribution in [0.4, 0.5) is 11.4 Å². The average molecular weight is 343 g/mol. The zero-order valence-electron chi connectivity index (χ0n) is 14.3. The molecule has 0 aliphatic carbocycles. The van der Waals surface area contributed by atoms with Gasteiger partial charge in [0.2, 0.25) is 5.91 Å². The van der Waals surface area contributed by atoms with Crippen LogP contribution in [0.5, 0.6) is 5.75 Å². The van der Waals surface area contributed by atoms with Crippen LogP contribution in [-0.2, 0) is 11.3 Å². The molecule has 25 heavy (non-hydrogen) atoms. The number of nitro benzene ring substituents is 1. The number of carbonyl (C=O) groups excluding carboxylic acids is 1. The zero-order chi connectivity index (χ0) is 18.2. The van der Waals surface area contributed by atoms with Crippen LogP contribution in [0.15, 0.2) is 48.5 Å². The van der Waals surface area contributed by atoms with Crippen LogP contribution >= 0.6 is 0 Å². The van der Waals surface area contributed by atoms with Crippen LogP contribution in [0.25, 0.3) is 0 Å². The smallest absolute Gasteiger partial charge is 0.271 e. The lowest BCUT2D eigenvalue weighted by atomic mass is 10.2. The SMILES string of the molecule is CCN(CC(=O)Nc1cc([N+](=O)[O-])ccc1OC)Cc1ccccc1. The molecule has 0 unspecified atom stereocenters. The van der Waals surface area contributed by atoms with Gasteiger partial charge in [0.15, 0.2) is 0 Å². The van der Waals surface area contributed by atoms with Crippen LogP contribution in [-0.4, -0.2) is 35.9 Å². The van der Waals surface area contributed by atoms with E-state index in [0.717, 1.165) is 5.56 Å². The summed E-state index contributed by atoms with van der Waals surface area (Å²) in [5, 5.41) is 13.6. The van der Waals surface area contributed by atoms with Gasteiger partial charge in [0.25, 0.3) is 5.69 Å². The number of methoxy groups -OCH3 is 1. The summed E-state index contributed by atoms with van der Waals surface area (Å²) >= 11 is 0. The number of hydrogen-bond acceptors (Lipinski definition) is 5. The van der Waals surface area contributed by atoms with Crippen molar-refractivity contribution in [2.45, 2.75) is 13.5 Å². The Morgan fingerprint density at radius 3 is 2.56 bits per heavy atom. The van der Waals surface area contributed by atoms with E-state index in [1.165, 1.54) is 25.3 Å². The van der Waals surface area contributed by atoms with Gasteiger partial charge in [-0.3, -0.25) is 19.8 Å². The topological polar surface area (TPSA) is 84.7 Å². The molecule has 0 aromatic heterocycles. The number of nitrogens with zero attached hydrogens (tertiary/aromatic N) is 2. The Labute approximate surface area is 146 Å². The molecule has 0 aliphatic rings. The second kappa shape index (κ2) is 8.79. The molecule has 7 nitrogen and oxygen atoms in total. The van der Waals surface area contributed by atoms with Gasteiger partial charge in [-0.1, -0.05) is 37.3 Å². The van der Waals surface area contributed by atoms with Gasteiger partial charge < -0.3 is 10.1 Å². The Morgan fingerprint density at radius 2 is 1.96 bits per heavy atom.